The molecule has 0 saturated carbocycles. The minimum absolute atomic E-state index is 0.0459. The predicted octanol–water partition coefficient (Wildman–Crippen LogP) is 0.966. The summed E-state index contributed by atoms with van der Waals surface area (Å²) in [5.41, 5.74) is -0.0459. The van der Waals surface area contributed by atoms with Gasteiger partial charge in [-0.25, -0.2) is 4.79 Å². The van der Waals surface area contributed by atoms with Crippen molar-refractivity contribution < 1.29 is 14.3 Å². The molecular formula is C15H29N3O3. The number of ether oxygens (including phenoxy) is 2. The number of urea groups is 1. The van der Waals surface area contributed by atoms with Crippen LogP contribution in [0, 0.1) is 0 Å². The van der Waals surface area contributed by atoms with E-state index >= 15 is 0 Å². The van der Waals surface area contributed by atoms with Crippen molar-refractivity contribution in [3.8, 4) is 0 Å². The number of amides is 2. The Labute approximate surface area is 127 Å². The van der Waals surface area contributed by atoms with Gasteiger partial charge in [0.2, 0.25) is 0 Å². The highest BCUT2D eigenvalue weighted by atomic mass is 16.5. The molecule has 21 heavy (non-hydrogen) atoms. The van der Waals surface area contributed by atoms with Crippen molar-refractivity contribution in [3.05, 3.63) is 0 Å². The molecule has 2 fully saturated rings. The maximum Gasteiger partial charge on any atom is 0.314 e. The van der Waals surface area contributed by atoms with E-state index in [0.717, 1.165) is 52.2 Å². The lowest BCUT2D eigenvalue weighted by Crippen LogP contribution is -2.56. The van der Waals surface area contributed by atoms with Gasteiger partial charge in [0.15, 0.2) is 0 Å². The molecule has 2 saturated heterocycles. The first kappa shape index (κ1) is 16.5. The Morgan fingerprint density at radius 1 is 1.24 bits per heavy atom. The van der Waals surface area contributed by atoms with Gasteiger partial charge in [-0.2, -0.15) is 0 Å². The topological polar surface area (TPSA) is 62.8 Å². The SMILES string of the molecule is CC(C)(CNC(=O)NCCC1CCCO1)N1CCOCC1. The first-order valence-corrected chi connectivity index (χ1v) is 8.04. The molecule has 0 aromatic rings. The first-order chi connectivity index (χ1) is 10.1. The molecule has 2 aliphatic heterocycles. The van der Waals surface area contributed by atoms with Crippen LogP contribution in [0.5, 0.6) is 0 Å². The minimum atomic E-state index is -0.0886. The summed E-state index contributed by atoms with van der Waals surface area (Å²) in [7, 11) is 0. The molecule has 2 amide bonds. The third-order valence-corrected chi connectivity index (χ3v) is 4.32. The van der Waals surface area contributed by atoms with Crippen LogP contribution in [0.4, 0.5) is 4.79 Å². The second kappa shape index (κ2) is 7.96. The zero-order valence-electron chi connectivity index (χ0n) is 13.3. The van der Waals surface area contributed by atoms with Gasteiger partial charge < -0.3 is 20.1 Å². The lowest BCUT2D eigenvalue weighted by Gasteiger charge is -2.40. The third-order valence-electron chi connectivity index (χ3n) is 4.32. The molecule has 122 valence electrons. The van der Waals surface area contributed by atoms with Crippen LogP contribution >= 0.6 is 0 Å². The van der Waals surface area contributed by atoms with Crippen LogP contribution in [0.15, 0.2) is 0 Å². The summed E-state index contributed by atoms with van der Waals surface area (Å²) in [6, 6.07) is -0.0886. The molecule has 1 atom stereocenters. The maximum absolute atomic E-state index is 11.8. The highest BCUT2D eigenvalue weighted by Crippen LogP contribution is 2.15. The van der Waals surface area contributed by atoms with Crippen molar-refractivity contribution in [2.75, 3.05) is 46.0 Å². The number of hydrogen-bond donors (Lipinski definition) is 2. The largest absolute Gasteiger partial charge is 0.379 e. The summed E-state index contributed by atoms with van der Waals surface area (Å²) in [6.45, 7) is 9.90. The molecular weight excluding hydrogens is 270 g/mol. The third kappa shape index (κ3) is 5.45. The van der Waals surface area contributed by atoms with Gasteiger partial charge in [0.25, 0.3) is 0 Å². The van der Waals surface area contributed by atoms with Crippen LogP contribution < -0.4 is 10.6 Å². The Kier molecular flexibility index (Phi) is 6.26. The molecule has 0 aromatic heterocycles. The van der Waals surface area contributed by atoms with Crippen molar-refractivity contribution in [2.45, 2.75) is 44.8 Å². The monoisotopic (exact) mass is 299 g/mol. The van der Waals surface area contributed by atoms with E-state index in [2.05, 4.69) is 29.4 Å². The molecule has 2 heterocycles. The van der Waals surface area contributed by atoms with E-state index in [9.17, 15) is 4.79 Å². The van der Waals surface area contributed by atoms with E-state index in [-0.39, 0.29) is 11.6 Å². The summed E-state index contributed by atoms with van der Waals surface area (Å²) in [5, 5.41) is 5.88. The number of carbonyl (C=O) groups is 1. The molecule has 0 bridgehead atoms. The average molecular weight is 299 g/mol. The summed E-state index contributed by atoms with van der Waals surface area (Å²) in [5.74, 6) is 0. The lowest BCUT2D eigenvalue weighted by molar-refractivity contribution is -0.00875. The Hall–Kier alpha value is -0.850. The molecule has 0 aromatic carbocycles. The molecule has 0 spiro atoms. The van der Waals surface area contributed by atoms with Gasteiger partial charge in [-0.1, -0.05) is 0 Å². The standard InChI is InChI=1S/C15H29N3O3/c1-15(2,18-7-10-20-11-8-18)12-17-14(19)16-6-5-13-4-3-9-21-13/h13H,3-12H2,1-2H3,(H2,16,17,19). The maximum atomic E-state index is 11.8. The first-order valence-electron chi connectivity index (χ1n) is 8.04. The highest BCUT2D eigenvalue weighted by molar-refractivity contribution is 5.73. The number of carbonyl (C=O) groups excluding carboxylic acids is 1. The Morgan fingerprint density at radius 2 is 2.00 bits per heavy atom. The van der Waals surface area contributed by atoms with E-state index in [0.29, 0.717) is 19.2 Å². The zero-order chi connectivity index (χ0) is 15.1. The molecule has 6 heteroatoms. The molecule has 0 radical (unpaired) electrons. The van der Waals surface area contributed by atoms with Crippen molar-refractivity contribution in [1.29, 1.82) is 0 Å². The van der Waals surface area contributed by atoms with Gasteiger partial charge >= 0.3 is 6.03 Å². The van der Waals surface area contributed by atoms with E-state index in [1.165, 1.54) is 0 Å². The van der Waals surface area contributed by atoms with Crippen LogP contribution in [-0.4, -0.2) is 68.6 Å². The Morgan fingerprint density at radius 3 is 2.67 bits per heavy atom. The zero-order valence-corrected chi connectivity index (χ0v) is 13.3. The molecule has 0 aliphatic carbocycles. The van der Waals surface area contributed by atoms with E-state index < -0.39 is 0 Å². The smallest absolute Gasteiger partial charge is 0.314 e. The Bertz CT molecular complexity index is 324. The van der Waals surface area contributed by atoms with E-state index in [1.807, 2.05) is 0 Å². The summed E-state index contributed by atoms with van der Waals surface area (Å²) in [6.07, 6.45) is 3.49. The van der Waals surface area contributed by atoms with Gasteiger partial charge in [-0.05, 0) is 33.1 Å². The molecule has 2 aliphatic rings. The van der Waals surface area contributed by atoms with E-state index in [1.54, 1.807) is 0 Å². The fourth-order valence-electron chi connectivity index (χ4n) is 2.86. The van der Waals surface area contributed by atoms with Crippen LogP contribution in [0.3, 0.4) is 0 Å². The average Bonchev–Trinajstić information content (AvgIpc) is 2.99. The summed E-state index contributed by atoms with van der Waals surface area (Å²) in [4.78, 5) is 14.2. The molecule has 1 unspecified atom stereocenters. The number of nitrogens with zero attached hydrogens (tertiary/aromatic N) is 1. The predicted molar refractivity (Wildman–Crippen MR) is 81.5 cm³/mol. The highest BCUT2D eigenvalue weighted by Gasteiger charge is 2.28. The fourth-order valence-corrected chi connectivity index (χ4v) is 2.86. The second-order valence-electron chi connectivity index (χ2n) is 6.45. The van der Waals surface area contributed by atoms with Crippen LogP contribution in [0.25, 0.3) is 0 Å². The van der Waals surface area contributed by atoms with Gasteiger partial charge in [0.1, 0.15) is 0 Å². The quantitative estimate of drug-likeness (QED) is 0.767. The van der Waals surface area contributed by atoms with Crippen molar-refractivity contribution in [1.82, 2.24) is 15.5 Å². The van der Waals surface area contributed by atoms with Gasteiger partial charge in [-0.3, -0.25) is 4.90 Å². The van der Waals surface area contributed by atoms with Crippen LogP contribution in [0.2, 0.25) is 0 Å². The summed E-state index contributed by atoms with van der Waals surface area (Å²) >= 11 is 0. The van der Waals surface area contributed by atoms with Crippen LogP contribution in [0.1, 0.15) is 33.1 Å². The van der Waals surface area contributed by atoms with Gasteiger partial charge in [-0.15, -0.1) is 0 Å². The number of nitrogens with one attached hydrogen (secondary N) is 2. The van der Waals surface area contributed by atoms with Crippen molar-refractivity contribution in [3.63, 3.8) is 0 Å². The Balaban J connectivity index is 1.60. The summed E-state index contributed by atoms with van der Waals surface area (Å²) < 4.78 is 10.9. The van der Waals surface area contributed by atoms with Crippen LogP contribution in [-0.2, 0) is 9.47 Å². The molecule has 2 N–H and O–H groups in total. The normalized spacial score (nSPS) is 24.0. The number of hydrogen-bond acceptors (Lipinski definition) is 4. The van der Waals surface area contributed by atoms with E-state index in [4.69, 9.17) is 9.47 Å². The molecule has 6 nitrogen and oxygen atoms in total. The number of morpholine rings is 1. The molecule has 2 rings (SSSR count). The fraction of sp³-hybridized carbons (Fsp3) is 0.933. The van der Waals surface area contributed by atoms with Gasteiger partial charge in [0, 0.05) is 38.3 Å². The number of rotatable bonds is 6. The minimum Gasteiger partial charge on any atom is -0.379 e. The van der Waals surface area contributed by atoms with Gasteiger partial charge in [0.05, 0.1) is 19.3 Å². The van der Waals surface area contributed by atoms with Crippen molar-refractivity contribution in [2.24, 2.45) is 0 Å². The van der Waals surface area contributed by atoms with Crippen molar-refractivity contribution >= 4 is 6.03 Å². The second-order valence-corrected chi connectivity index (χ2v) is 6.45. The lowest BCUT2D eigenvalue weighted by atomic mass is 10.0.